The highest BCUT2D eigenvalue weighted by Gasteiger charge is 2.19. The minimum atomic E-state index is -4.02. The minimum absolute atomic E-state index is 0.0197. The topological polar surface area (TPSA) is 196 Å². The van der Waals surface area contributed by atoms with E-state index < -0.39 is 10.0 Å². The Bertz CT molecular complexity index is 1960. The summed E-state index contributed by atoms with van der Waals surface area (Å²) in [6, 6.07) is 17.6. The number of anilines is 2. The number of nitrogens with zero attached hydrogens (tertiary/aromatic N) is 6. The lowest BCUT2D eigenvalue weighted by Crippen LogP contribution is -2.16. The molecule has 0 saturated heterocycles. The Morgan fingerprint density at radius 1 is 0.956 bits per heavy atom. The second-order valence-corrected chi connectivity index (χ2v) is 12.6. The van der Waals surface area contributed by atoms with Crippen molar-refractivity contribution < 1.29 is 22.7 Å². The predicted octanol–water partition coefficient (Wildman–Crippen LogP) is 3.15. The van der Waals surface area contributed by atoms with E-state index in [1.807, 2.05) is 30.3 Å². The van der Waals surface area contributed by atoms with Crippen LogP contribution in [-0.4, -0.2) is 69.0 Å². The molecule has 0 aliphatic heterocycles. The number of nitrogens with one attached hydrogen (secondary N) is 3. The van der Waals surface area contributed by atoms with Crippen LogP contribution in [0.25, 0.3) is 5.69 Å². The standard InChI is InChI=1S/C27H25N9O6S3/c1-16-13-21(37)31-25(28-16)44-27-34-33-26(36(27)18-7-5-4-6-8-18)43-15-22(38)29-17-9-11-19(12-10-17)45(39,40)35-20-14-23(41-2)32-24(30-20)42-3/h4-14H,15H2,1-3H3,(H,29,38)(H,28,31,37)(H,30,32,35). The summed E-state index contributed by atoms with van der Waals surface area (Å²) in [5, 5.41) is 12.5. The summed E-state index contributed by atoms with van der Waals surface area (Å²) >= 11 is 2.29. The van der Waals surface area contributed by atoms with Crippen LogP contribution in [0, 0.1) is 6.92 Å². The SMILES string of the molecule is COc1cc(NS(=O)(=O)c2ccc(NC(=O)CSc3nnc(Sc4nc(C)cc(=O)[nH]4)n3-c3ccccc3)cc2)nc(OC)n1. The van der Waals surface area contributed by atoms with E-state index in [0.717, 1.165) is 29.2 Å². The van der Waals surface area contributed by atoms with Crippen LogP contribution >= 0.6 is 23.5 Å². The first-order valence-corrected chi connectivity index (χ1v) is 16.2. The smallest absolute Gasteiger partial charge is 0.321 e. The Balaban J connectivity index is 1.26. The van der Waals surface area contributed by atoms with Gasteiger partial charge in [-0.25, -0.2) is 13.4 Å². The number of carbonyl (C=O) groups is 1. The van der Waals surface area contributed by atoms with Gasteiger partial charge in [0.25, 0.3) is 15.6 Å². The first-order valence-electron chi connectivity index (χ1n) is 12.9. The molecule has 5 rings (SSSR count). The van der Waals surface area contributed by atoms with Gasteiger partial charge in [-0.05, 0) is 55.1 Å². The summed E-state index contributed by atoms with van der Waals surface area (Å²) in [5.41, 5.74) is 1.43. The first kappa shape index (κ1) is 31.5. The number of benzene rings is 2. The van der Waals surface area contributed by atoms with Crippen molar-refractivity contribution in [2.75, 3.05) is 30.0 Å². The molecular formula is C27H25N9O6S3. The summed E-state index contributed by atoms with van der Waals surface area (Å²) < 4.78 is 40.0. The second kappa shape index (κ2) is 13.8. The molecule has 2 aromatic carbocycles. The molecule has 3 heterocycles. The molecule has 5 aromatic rings. The van der Waals surface area contributed by atoms with Gasteiger partial charge in [-0.2, -0.15) is 9.97 Å². The van der Waals surface area contributed by atoms with Crippen LogP contribution in [0.3, 0.4) is 0 Å². The quantitative estimate of drug-likeness (QED) is 0.130. The maximum Gasteiger partial charge on any atom is 0.321 e. The lowest BCUT2D eigenvalue weighted by Gasteiger charge is -2.11. The molecular weight excluding hydrogens is 643 g/mol. The largest absolute Gasteiger partial charge is 0.481 e. The van der Waals surface area contributed by atoms with Crippen molar-refractivity contribution in [1.29, 1.82) is 0 Å². The first-order chi connectivity index (χ1) is 21.6. The lowest BCUT2D eigenvalue weighted by atomic mass is 10.3. The van der Waals surface area contributed by atoms with Crippen molar-refractivity contribution in [3.8, 4) is 17.6 Å². The highest BCUT2D eigenvalue weighted by atomic mass is 32.2. The van der Waals surface area contributed by atoms with E-state index in [2.05, 4.69) is 40.2 Å². The number of rotatable bonds is 12. The maximum atomic E-state index is 12.9. The van der Waals surface area contributed by atoms with Crippen molar-refractivity contribution in [3.05, 3.63) is 82.8 Å². The van der Waals surface area contributed by atoms with Crippen molar-refractivity contribution in [3.63, 3.8) is 0 Å². The third kappa shape index (κ3) is 7.97. The summed E-state index contributed by atoms with van der Waals surface area (Å²) in [7, 11) is -1.30. The number of hydrogen-bond acceptors (Lipinski definition) is 13. The number of hydrogen-bond donors (Lipinski definition) is 3. The van der Waals surface area contributed by atoms with Crippen LogP contribution in [0.4, 0.5) is 11.5 Å². The van der Waals surface area contributed by atoms with Gasteiger partial charge in [0.05, 0.1) is 30.6 Å². The van der Waals surface area contributed by atoms with Crippen LogP contribution in [-0.2, 0) is 14.8 Å². The van der Waals surface area contributed by atoms with Crippen LogP contribution < -0.4 is 25.1 Å². The number of amides is 1. The van der Waals surface area contributed by atoms with E-state index in [0.29, 0.717) is 26.9 Å². The third-order valence-electron chi connectivity index (χ3n) is 5.75. The van der Waals surface area contributed by atoms with Crippen LogP contribution in [0.1, 0.15) is 5.69 Å². The van der Waals surface area contributed by atoms with Gasteiger partial charge in [-0.15, -0.1) is 10.2 Å². The van der Waals surface area contributed by atoms with Crippen LogP contribution in [0.15, 0.2) is 91.9 Å². The van der Waals surface area contributed by atoms with E-state index in [9.17, 15) is 18.0 Å². The van der Waals surface area contributed by atoms with Crippen molar-refractivity contribution >= 4 is 51.0 Å². The van der Waals surface area contributed by atoms with E-state index in [1.54, 1.807) is 11.5 Å². The molecule has 45 heavy (non-hydrogen) atoms. The van der Waals surface area contributed by atoms with Gasteiger partial charge in [-0.1, -0.05) is 30.0 Å². The van der Waals surface area contributed by atoms with Crippen LogP contribution in [0.2, 0.25) is 0 Å². The molecule has 3 N–H and O–H groups in total. The van der Waals surface area contributed by atoms with Crippen molar-refractivity contribution in [1.82, 2.24) is 34.7 Å². The molecule has 0 spiro atoms. The van der Waals surface area contributed by atoms with Gasteiger partial charge in [-0.3, -0.25) is 18.9 Å². The number of methoxy groups -OCH3 is 2. The van der Waals surface area contributed by atoms with E-state index in [4.69, 9.17) is 9.47 Å². The number of aromatic nitrogens is 7. The number of aryl methyl sites for hydroxylation is 1. The fourth-order valence-electron chi connectivity index (χ4n) is 3.79. The summed E-state index contributed by atoms with van der Waals surface area (Å²) in [6.07, 6.45) is 0. The third-order valence-corrected chi connectivity index (χ3v) is 8.88. The average Bonchev–Trinajstić information content (AvgIpc) is 3.41. The van der Waals surface area contributed by atoms with Gasteiger partial charge in [0, 0.05) is 23.5 Å². The zero-order valence-corrected chi connectivity index (χ0v) is 26.4. The molecule has 0 aliphatic rings. The molecule has 0 fully saturated rings. The lowest BCUT2D eigenvalue weighted by molar-refractivity contribution is -0.113. The monoisotopic (exact) mass is 667 g/mol. The number of aromatic amines is 1. The van der Waals surface area contributed by atoms with Gasteiger partial charge in [0.15, 0.2) is 16.1 Å². The minimum Gasteiger partial charge on any atom is -0.481 e. The van der Waals surface area contributed by atoms with Gasteiger partial charge < -0.3 is 19.8 Å². The molecule has 0 bridgehead atoms. The average molecular weight is 668 g/mol. The van der Waals surface area contributed by atoms with Crippen LogP contribution in [0.5, 0.6) is 11.9 Å². The molecule has 18 heteroatoms. The molecule has 1 amide bonds. The number of sulfonamides is 1. The fraction of sp³-hybridized carbons (Fsp3) is 0.148. The Hall–Kier alpha value is -4.94. The normalized spacial score (nSPS) is 11.2. The molecule has 0 saturated carbocycles. The second-order valence-electron chi connectivity index (χ2n) is 8.98. The number of para-hydroxylation sites is 1. The number of thioether (sulfide) groups is 1. The number of ether oxygens (including phenoxy) is 2. The molecule has 232 valence electrons. The maximum absolute atomic E-state index is 12.9. The number of H-pyrrole nitrogens is 1. The zero-order valence-electron chi connectivity index (χ0n) is 23.9. The molecule has 0 atom stereocenters. The van der Waals surface area contributed by atoms with E-state index >= 15 is 0 Å². The van der Waals surface area contributed by atoms with E-state index in [-0.39, 0.29) is 39.8 Å². The van der Waals surface area contributed by atoms with Crippen molar-refractivity contribution in [2.24, 2.45) is 0 Å². The van der Waals surface area contributed by atoms with E-state index in [1.165, 1.54) is 50.6 Å². The molecule has 0 unspecified atom stereocenters. The molecule has 0 radical (unpaired) electrons. The Kier molecular flexibility index (Phi) is 9.65. The Labute approximate surface area is 265 Å². The highest BCUT2D eigenvalue weighted by Crippen LogP contribution is 2.30. The summed E-state index contributed by atoms with van der Waals surface area (Å²) in [6.45, 7) is 1.72. The van der Waals surface area contributed by atoms with Gasteiger partial charge in [0.2, 0.25) is 16.9 Å². The highest BCUT2D eigenvalue weighted by molar-refractivity contribution is 8.00. The Morgan fingerprint density at radius 2 is 1.69 bits per heavy atom. The molecule has 0 aliphatic carbocycles. The summed E-state index contributed by atoms with van der Waals surface area (Å²) in [5.74, 6) is -0.294. The predicted molar refractivity (Wildman–Crippen MR) is 167 cm³/mol. The summed E-state index contributed by atoms with van der Waals surface area (Å²) in [4.78, 5) is 39.6. The van der Waals surface area contributed by atoms with Gasteiger partial charge >= 0.3 is 6.01 Å². The molecule has 3 aromatic heterocycles. The fourth-order valence-corrected chi connectivity index (χ4v) is 6.47. The van der Waals surface area contributed by atoms with Crippen molar-refractivity contribution in [2.45, 2.75) is 27.3 Å². The number of carbonyl (C=O) groups excluding carboxylic acids is 1. The zero-order chi connectivity index (χ0) is 32.0. The Morgan fingerprint density at radius 3 is 2.38 bits per heavy atom. The molecule has 15 nitrogen and oxygen atoms in total. The van der Waals surface area contributed by atoms with Gasteiger partial charge in [0.1, 0.15) is 0 Å².